The maximum atomic E-state index is 12.2. The van der Waals surface area contributed by atoms with Crippen molar-refractivity contribution in [2.75, 3.05) is 14.2 Å². The van der Waals surface area contributed by atoms with E-state index >= 15 is 0 Å². The van der Waals surface area contributed by atoms with Crippen molar-refractivity contribution in [1.29, 1.82) is 0 Å². The lowest BCUT2D eigenvalue weighted by atomic mass is 10.1. The lowest BCUT2D eigenvalue weighted by molar-refractivity contribution is 0.00199. The minimum absolute atomic E-state index is 0.157. The van der Waals surface area contributed by atoms with Crippen molar-refractivity contribution in [3.8, 4) is 0 Å². The molecule has 1 rings (SSSR count). The van der Waals surface area contributed by atoms with Crippen molar-refractivity contribution < 1.29 is 14.3 Å². The topological polar surface area (TPSA) is 46.6 Å². The highest BCUT2D eigenvalue weighted by Crippen LogP contribution is 2.14. The second-order valence-electron chi connectivity index (χ2n) is 3.79. The van der Waals surface area contributed by atoms with E-state index in [-0.39, 0.29) is 12.1 Å². The first-order valence-electron chi connectivity index (χ1n) is 5.55. The molecule has 4 nitrogen and oxygen atoms in total. The lowest BCUT2D eigenvalue weighted by Gasteiger charge is -2.24. The number of hydrogen-bond acceptors (Lipinski definition) is 3. The molecule has 1 unspecified atom stereocenters. The first-order valence-corrected chi connectivity index (χ1v) is 5.55. The zero-order valence-corrected chi connectivity index (χ0v) is 10.7. The van der Waals surface area contributed by atoms with Gasteiger partial charge in [0.2, 0.25) is 6.29 Å². The summed E-state index contributed by atoms with van der Waals surface area (Å²) < 4.78 is 5.10. The molecular formula is C14H16NO3. The third-order valence-corrected chi connectivity index (χ3v) is 2.73. The van der Waals surface area contributed by atoms with E-state index in [1.54, 1.807) is 57.7 Å². The highest BCUT2D eigenvalue weighted by molar-refractivity contribution is 5.98. The van der Waals surface area contributed by atoms with Gasteiger partial charge in [-0.25, -0.2) is 0 Å². The van der Waals surface area contributed by atoms with Gasteiger partial charge in [0.05, 0.1) is 0 Å². The standard InChI is InChI=1S/C14H16NO3/c1-11(18-3)15(2)14(17)13-9-5-4-7-12(13)8-6-10-16/h4-9,11H,1-3H3/b8-6+. The van der Waals surface area contributed by atoms with E-state index in [0.29, 0.717) is 11.1 Å². The van der Waals surface area contributed by atoms with E-state index in [4.69, 9.17) is 4.74 Å². The van der Waals surface area contributed by atoms with Gasteiger partial charge in [-0.3, -0.25) is 9.59 Å². The molecule has 0 bridgehead atoms. The molecule has 0 heterocycles. The normalized spacial score (nSPS) is 12.4. The fourth-order valence-electron chi connectivity index (χ4n) is 1.47. The minimum Gasteiger partial charge on any atom is -0.362 e. The average molecular weight is 246 g/mol. The van der Waals surface area contributed by atoms with E-state index in [2.05, 4.69) is 0 Å². The largest absolute Gasteiger partial charge is 0.362 e. The van der Waals surface area contributed by atoms with Crippen molar-refractivity contribution in [1.82, 2.24) is 4.90 Å². The highest BCUT2D eigenvalue weighted by atomic mass is 16.5. The van der Waals surface area contributed by atoms with Gasteiger partial charge in [0.15, 0.2) is 0 Å². The number of carbonyl (C=O) groups is 1. The van der Waals surface area contributed by atoms with E-state index in [1.807, 2.05) is 0 Å². The number of rotatable bonds is 5. The molecule has 0 aliphatic heterocycles. The Balaban J connectivity index is 3.05. The molecule has 1 aromatic rings. The van der Waals surface area contributed by atoms with Crippen molar-refractivity contribution in [3.63, 3.8) is 0 Å². The van der Waals surface area contributed by atoms with Crippen LogP contribution < -0.4 is 0 Å². The molecule has 0 spiro atoms. The summed E-state index contributed by atoms with van der Waals surface area (Å²) in [5.74, 6) is -0.157. The Labute approximate surface area is 107 Å². The third-order valence-electron chi connectivity index (χ3n) is 2.73. The number of amides is 1. The van der Waals surface area contributed by atoms with Gasteiger partial charge in [0.1, 0.15) is 6.23 Å². The van der Waals surface area contributed by atoms with Crippen LogP contribution in [0.15, 0.2) is 30.3 Å². The number of hydrogen-bond donors (Lipinski definition) is 0. The summed E-state index contributed by atoms with van der Waals surface area (Å²) >= 11 is 0. The van der Waals surface area contributed by atoms with Gasteiger partial charge in [-0.05, 0) is 24.6 Å². The zero-order valence-electron chi connectivity index (χ0n) is 10.7. The molecule has 95 valence electrons. The predicted molar refractivity (Wildman–Crippen MR) is 69.7 cm³/mol. The van der Waals surface area contributed by atoms with E-state index < -0.39 is 0 Å². The van der Waals surface area contributed by atoms with Crippen LogP contribution >= 0.6 is 0 Å². The summed E-state index contributed by atoms with van der Waals surface area (Å²) in [6.45, 7) is 1.79. The van der Waals surface area contributed by atoms with Gasteiger partial charge >= 0.3 is 0 Å². The smallest absolute Gasteiger partial charge is 0.256 e. The van der Waals surface area contributed by atoms with Crippen LogP contribution in [0, 0.1) is 0 Å². The molecule has 1 atom stereocenters. The monoisotopic (exact) mass is 246 g/mol. The quantitative estimate of drug-likeness (QED) is 0.588. The molecule has 0 aliphatic carbocycles. The summed E-state index contributed by atoms with van der Waals surface area (Å²) in [5, 5.41) is 0. The number of benzene rings is 1. The molecule has 1 aromatic carbocycles. The van der Waals surface area contributed by atoms with E-state index in [1.165, 1.54) is 11.0 Å². The maximum absolute atomic E-state index is 12.2. The Morgan fingerprint density at radius 3 is 2.72 bits per heavy atom. The first-order chi connectivity index (χ1) is 8.61. The number of ether oxygens (including phenoxy) is 1. The van der Waals surface area contributed by atoms with Crippen LogP contribution in [0.4, 0.5) is 0 Å². The van der Waals surface area contributed by atoms with Crippen LogP contribution in [0.2, 0.25) is 0 Å². The first kappa shape index (κ1) is 14.1. The summed E-state index contributed by atoms with van der Waals surface area (Å²) in [5.41, 5.74) is 1.21. The van der Waals surface area contributed by atoms with Crippen LogP contribution in [-0.2, 0) is 9.53 Å². The van der Waals surface area contributed by atoms with Crippen molar-refractivity contribution >= 4 is 18.3 Å². The van der Waals surface area contributed by atoms with Crippen LogP contribution in [0.3, 0.4) is 0 Å². The van der Waals surface area contributed by atoms with E-state index in [9.17, 15) is 9.59 Å². The Kier molecular flexibility index (Phi) is 5.27. The van der Waals surface area contributed by atoms with Gasteiger partial charge in [-0.1, -0.05) is 24.3 Å². The second kappa shape index (κ2) is 6.71. The molecule has 0 N–H and O–H groups in total. The molecule has 1 radical (unpaired) electrons. The molecule has 0 saturated carbocycles. The van der Waals surface area contributed by atoms with Gasteiger partial charge in [-0.2, -0.15) is 0 Å². The molecule has 0 aliphatic rings. The lowest BCUT2D eigenvalue weighted by Crippen LogP contribution is -2.36. The van der Waals surface area contributed by atoms with E-state index in [0.717, 1.165) is 0 Å². The number of carbonyl (C=O) groups excluding carboxylic acids is 2. The second-order valence-corrected chi connectivity index (χ2v) is 3.79. The summed E-state index contributed by atoms with van der Waals surface area (Å²) in [7, 11) is 3.21. The number of methoxy groups -OCH3 is 1. The maximum Gasteiger partial charge on any atom is 0.256 e. The summed E-state index contributed by atoms with van der Waals surface area (Å²) in [6, 6.07) is 7.07. The third kappa shape index (κ3) is 3.28. The van der Waals surface area contributed by atoms with Crippen molar-refractivity contribution in [2.45, 2.75) is 13.2 Å². The Bertz CT molecular complexity index is 454. The Morgan fingerprint density at radius 1 is 1.44 bits per heavy atom. The van der Waals surface area contributed by atoms with Gasteiger partial charge in [0, 0.05) is 19.7 Å². The predicted octanol–water partition coefficient (Wildman–Crippen LogP) is 1.87. The molecular weight excluding hydrogens is 230 g/mol. The fraction of sp³-hybridized carbons (Fsp3) is 0.286. The van der Waals surface area contributed by atoms with Crippen LogP contribution in [0.1, 0.15) is 22.8 Å². The minimum atomic E-state index is -0.313. The van der Waals surface area contributed by atoms with Gasteiger partial charge in [-0.15, -0.1) is 0 Å². The van der Waals surface area contributed by atoms with Gasteiger partial charge in [0.25, 0.3) is 5.91 Å². The van der Waals surface area contributed by atoms with Crippen molar-refractivity contribution in [3.05, 3.63) is 41.5 Å². The molecule has 4 heteroatoms. The molecule has 0 fully saturated rings. The molecule has 1 amide bonds. The Morgan fingerprint density at radius 2 is 2.11 bits per heavy atom. The molecule has 0 saturated heterocycles. The SMILES string of the molecule is COC(C)N(C)C(=O)c1ccccc1/C=C/[C]=O. The summed E-state index contributed by atoms with van der Waals surface area (Å²) in [6.07, 6.45) is 4.16. The zero-order chi connectivity index (χ0) is 13.5. The van der Waals surface area contributed by atoms with Crippen LogP contribution in [-0.4, -0.2) is 37.5 Å². The Hall–Kier alpha value is -1.94. The van der Waals surface area contributed by atoms with Crippen LogP contribution in [0.25, 0.3) is 6.08 Å². The molecule has 0 aromatic heterocycles. The number of nitrogens with zero attached hydrogens (tertiary/aromatic N) is 1. The van der Waals surface area contributed by atoms with Gasteiger partial charge < -0.3 is 9.64 Å². The average Bonchev–Trinajstić information content (AvgIpc) is 2.42. The molecule has 18 heavy (non-hydrogen) atoms. The van der Waals surface area contributed by atoms with Crippen LogP contribution in [0.5, 0.6) is 0 Å². The van der Waals surface area contributed by atoms with Crippen molar-refractivity contribution in [2.24, 2.45) is 0 Å². The fourth-order valence-corrected chi connectivity index (χ4v) is 1.47. The highest BCUT2D eigenvalue weighted by Gasteiger charge is 2.18. The summed E-state index contributed by atoms with van der Waals surface area (Å²) in [4.78, 5) is 24.0. The number of allylic oxidation sites excluding steroid dienone is 1.